The van der Waals surface area contributed by atoms with E-state index in [4.69, 9.17) is 5.11 Å². The predicted molar refractivity (Wildman–Crippen MR) is 82.4 cm³/mol. The highest BCUT2D eigenvalue weighted by Gasteiger charge is 2.25. The maximum atomic E-state index is 12.5. The third-order valence-electron chi connectivity index (χ3n) is 2.68. The third-order valence-corrected chi connectivity index (χ3v) is 4.48. The number of benzene rings is 1. The fourth-order valence-electron chi connectivity index (χ4n) is 1.88. The van der Waals surface area contributed by atoms with Crippen LogP contribution in [0.25, 0.3) is 6.08 Å². The number of carbonyl (C=O) groups is 1. The van der Waals surface area contributed by atoms with Gasteiger partial charge in [0, 0.05) is 19.7 Å². The molecule has 116 valence electrons. The van der Waals surface area contributed by atoms with Crippen LogP contribution in [0.3, 0.4) is 0 Å². The maximum absolute atomic E-state index is 12.5. The summed E-state index contributed by atoms with van der Waals surface area (Å²) in [6.07, 6.45) is 2.34. The number of hydrogen-bond acceptors (Lipinski definition) is 3. The van der Waals surface area contributed by atoms with E-state index in [1.807, 2.05) is 20.8 Å². The molecule has 1 aromatic rings. The Morgan fingerprint density at radius 3 is 2.48 bits per heavy atom. The molecule has 0 spiro atoms. The molecule has 0 unspecified atom stereocenters. The van der Waals surface area contributed by atoms with Crippen LogP contribution in [0.4, 0.5) is 0 Å². The van der Waals surface area contributed by atoms with Crippen molar-refractivity contribution in [3.63, 3.8) is 0 Å². The zero-order valence-electron chi connectivity index (χ0n) is 12.7. The zero-order chi connectivity index (χ0) is 16.3. The molecule has 0 aromatic heterocycles. The van der Waals surface area contributed by atoms with Crippen LogP contribution in [0.5, 0.6) is 0 Å². The van der Waals surface area contributed by atoms with Crippen LogP contribution in [0, 0.1) is 5.41 Å². The molecule has 0 aliphatic carbocycles. The number of hydrogen-bond donors (Lipinski definition) is 1. The van der Waals surface area contributed by atoms with Crippen LogP contribution in [0.1, 0.15) is 26.3 Å². The Bertz CT molecular complexity index is 642. The first-order valence-electron chi connectivity index (χ1n) is 6.50. The molecule has 0 amide bonds. The van der Waals surface area contributed by atoms with E-state index in [0.717, 1.165) is 6.08 Å². The summed E-state index contributed by atoms with van der Waals surface area (Å²) in [5.41, 5.74) is 0.380. The van der Waals surface area contributed by atoms with E-state index in [9.17, 15) is 13.2 Å². The number of carboxylic acids is 1. The second kappa shape index (κ2) is 6.41. The Hall–Kier alpha value is -1.66. The first kappa shape index (κ1) is 17.4. The number of sulfonamides is 1. The topological polar surface area (TPSA) is 74.7 Å². The summed E-state index contributed by atoms with van der Waals surface area (Å²) in [4.78, 5) is 10.7. The van der Waals surface area contributed by atoms with E-state index >= 15 is 0 Å². The van der Waals surface area contributed by atoms with Crippen molar-refractivity contribution in [1.29, 1.82) is 0 Å². The van der Waals surface area contributed by atoms with Crippen molar-refractivity contribution >= 4 is 22.1 Å². The molecular weight excluding hydrogens is 290 g/mol. The van der Waals surface area contributed by atoms with E-state index in [0.29, 0.717) is 12.1 Å². The number of rotatable bonds is 5. The maximum Gasteiger partial charge on any atom is 0.328 e. The van der Waals surface area contributed by atoms with Gasteiger partial charge in [-0.15, -0.1) is 0 Å². The summed E-state index contributed by atoms with van der Waals surface area (Å²) >= 11 is 0. The minimum Gasteiger partial charge on any atom is -0.478 e. The van der Waals surface area contributed by atoms with Gasteiger partial charge in [-0.05, 0) is 29.2 Å². The van der Waals surface area contributed by atoms with Crippen molar-refractivity contribution in [3.05, 3.63) is 35.9 Å². The summed E-state index contributed by atoms with van der Waals surface area (Å²) in [6.45, 7) is 6.28. The Labute approximate surface area is 126 Å². The average molecular weight is 311 g/mol. The lowest BCUT2D eigenvalue weighted by Crippen LogP contribution is -2.34. The molecule has 0 bridgehead atoms. The van der Waals surface area contributed by atoms with E-state index in [1.165, 1.54) is 22.5 Å². The lowest BCUT2D eigenvalue weighted by atomic mass is 9.97. The first-order valence-corrected chi connectivity index (χ1v) is 7.94. The number of aliphatic carboxylic acids is 1. The van der Waals surface area contributed by atoms with Crippen LogP contribution in [0.2, 0.25) is 0 Å². The average Bonchev–Trinajstić information content (AvgIpc) is 2.34. The van der Waals surface area contributed by atoms with E-state index in [-0.39, 0.29) is 10.3 Å². The highest BCUT2D eigenvalue weighted by atomic mass is 32.2. The molecule has 0 aliphatic rings. The Balaban J connectivity index is 3.09. The normalized spacial score (nSPS) is 13.0. The molecule has 0 aliphatic heterocycles. The monoisotopic (exact) mass is 311 g/mol. The largest absolute Gasteiger partial charge is 0.478 e. The summed E-state index contributed by atoms with van der Waals surface area (Å²) in [5.74, 6) is -1.08. The molecule has 1 rings (SSSR count). The minimum absolute atomic E-state index is 0.150. The van der Waals surface area contributed by atoms with Crippen LogP contribution in [0.15, 0.2) is 35.2 Å². The fraction of sp³-hybridized carbons (Fsp3) is 0.400. The molecule has 1 N–H and O–H groups in total. The van der Waals surface area contributed by atoms with Crippen LogP contribution >= 0.6 is 0 Å². The van der Waals surface area contributed by atoms with Gasteiger partial charge in [-0.25, -0.2) is 17.5 Å². The standard InChI is InChI=1S/C15H21NO4S/c1-15(2,3)11-16(4)21(19,20)13-7-5-6-12(10-13)8-9-14(17)18/h5-10H,11H2,1-4H3,(H,17,18). The molecule has 0 saturated carbocycles. The van der Waals surface area contributed by atoms with Crippen LogP contribution < -0.4 is 0 Å². The lowest BCUT2D eigenvalue weighted by molar-refractivity contribution is -0.131. The van der Waals surface area contributed by atoms with Gasteiger partial charge in [0.25, 0.3) is 0 Å². The second-order valence-corrected chi connectivity index (χ2v) is 8.11. The van der Waals surface area contributed by atoms with Crippen LogP contribution in [-0.2, 0) is 14.8 Å². The van der Waals surface area contributed by atoms with Gasteiger partial charge in [-0.3, -0.25) is 0 Å². The van der Waals surface area contributed by atoms with Gasteiger partial charge in [0.1, 0.15) is 0 Å². The van der Waals surface area contributed by atoms with Crippen molar-refractivity contribution in [2.45, 2.75) is 25.7 Å². The molecule has 21 heavy (non-hydrogen) atoms. The van der Waals surface area contributed by atoms with Crippen molar-refractivity contribution in [1.82, 2.24) is 4.31 Å². The van der Waals surface area contributed by atoms with Crippen molar-refractivity contribution < 1.29 is 18.3 Å². The van der Waals surface area contributed by atoms with E-state index in [2.05, 4.69) is 0 Å². The summed E-state index contributed by atoms with van der Waals surface area (Å²) < 4.78 is 26.3. The highest BCUT2D eigenvalue weighted by Crippen LogP contribution is 2.21. The number of nitrogens with zero attached hydrogens (tertiary/aromatic N) is 1. The van der Waals surface area contributed by atoms with Gasteiger partial charge >= 0.3 is 5.97 Å². The Morgan fingerprint density at radius 2 is 1.95 bits per heavy atom. The summed E-state index contributed by atoms with van der Waals surface area (Å²) in [5, 5.41) is 8.61. The Kier molecular flexibility index (Phi) is 5.31. The van der Waals surface area contributed by atoms with Gasteiger partial charge in [-0.2, -0.15) is 0 Å². The summed E-state index contributed by atoms with van der Waals surface area (Å²) in [6, 6.07) is 6.22. The van der Waals surface area contributed by atoms with Gasteiger partial charge < -0.3 is 5.11 Å². The molecule has 0 heterocycles. The quantitative estimate of drug-likeness (QED) is 0.848. The van der Waals surface area contributed by atoms with Gasteiger partial charge in [-0.1, -0.05) is 32.9 Å². The molecular formula is C15H21NO4S. The van der Waals surface area contributed by atoms with Crippen molar-refractivity contribution in [2.24, 2.45) is 5.41 Å². The van der Waals surface area contributed by atoms with Gasteiger partial charge in [0.2, 0.25) is 10.0 Å². The second-order valence-electron chi connectivity index (χ2n) is 6.07. The molecule has 0 atom stereocenters. The molecule has 0 radical (unpaired) electrons. The molecule has 0 saturated heterocycles. The van der Waals surface area contributed by atoms with Gasteiger partial charge in [0.15, 0.2) is 0 Å². The first-order chi connectivity index (χ1) is 9.52. The number of carboxylic acid groups (broad SMARTS) is 1. The minimum atomic E-state index is -3.58. The van der Waals surface area contributed by atoms with Crippen molar-refractivity contribution in [2.75, 3.05) is 13.6 Å². The lowest BCUT2D eigenvalue weighted by Gasteiger charge is -2.26. The van der Waals surface area contributed by atoms with Crippen molar-refractivity contribution in [3.8, 4) is 0 Å². The Morgan fingerprint density at radius 1 is 1.33 bits per heavy atom. The smallest absolute Gasteiger partial charge is 0.328 e. The SMILES string of the molecule is CN(CC(C)(C)C)S(=O)(=O)c1cccc(C=CC(=O)O)c1. The zero-order valence-corrected chi connectivity index (χ0v) is 13.5. The molecule has 5 nitrogen and oxygen atoms in total. The summed E-state index contributed by atoms with van der Waals surface area (Å²) in [7, 11) is -2.04. The molecule has 0 fully saturated rings. The fourth-order valence-corrected chi connectivity index (χ4v) is 3.33. The third kappa shape index (κ3) is 5.32. The highest BCUT2D eigenvalue weighted by molar-refractivity contribution is 7.89. The van der Waals surface area contributed by atoms with Gasteiger partial charge in [0.05, 0.1) is 4.90 Å². The predicted octanol–water partition coefficient (Wildman–Crippen LogP) is 2.45. The van der Waals surface area contributed by atoms with Crippen LogP contribution in [-0.4, -0.2) is 37.4 Å². The molecule has 1 aromatic carbocycles. The molecule has 6 heteroatoms. The van der Waals surface area contributed by atoms with E-state index < -0.39 is 16.0 Å². The van der Waals surface area contributed by atoms with E-state index in [1.54, 1.807) is 19.2 Å².